The molecular formula is C21H19BrN4O4. The zero-order chi connectivity index (χ0) is 21.1. The minimum atomic E-state index is -0.150. The van der Waals surface area contributed by atoms with Gasteiger partial charge in [0.25, 0.3) is 5.89 Å². The Morgan fingerprint density at radius 2 is 2.17 bits per heavy atom. The number of carbonyl (C=O) groups excluding carboxylic acids is 1. The molecule has 1 fully saturated rings. The van der Waals surface area contributed by atoms with Crippen molar-refractivity contribution >= 4 is 33.4 Å². The van der Waals surface area contributed by atoms with Gasteiger partial charge >= 0.3 is 0 Å². The molecule has 8 nitrogen and oxygen atoms in total. The number of amides is 1. The van der Waals surface area contributed by atoms with E-state index >= 15 is 0 Å². The van der Waals surface area contributed by atoms with Crippen molar-refractivity contribution in [1.82, 2.24) is 4.98 Å². The average Bonchev–Trinajstić information content (AvgIpc) is 3.44. The molecule has 1 amide bonds. The lowest BCUT2D eigenvalue weighted by atomic mass is 9.95. The maximum absolute atomic E-state index is 12.8. The Hall–Kier alpha value is -3.25. The number of carbonyl (C=O) groups is 1. The Balaban J connectivity index is 1.43. The van der Waals surface area contributed by atoms with Gasteiger partial charge in [0.2, 0.25) is 17.5 Å². The summed E-state index contributed by atoms with van der Waals surface area (Å²) in [5, 5.41) is 12.4. The molecule has 0 aliphatic carbocycles. The minimum absolute atomic E-state index is 0.0552. The topological polar surface area (TPSA) is 105 Å². The van der Waals surface area contributed by atoms with Crippen molar-refractivity contribution in [2.75, 3.05) is 30.4 Å². The van der Waals surface area contributed by atoms with E-state index in [0.717, 1.165) is 4.47 Å². The predicted octanol–water partition coefficient (Wildman–Crippen LogP) is 4.43. The highest BCUT2D eigenvalue weighted by Gasteiger charge is 2.29. The van der Waals surface area contributed by atoms with Crippen LogP contribution in [0.2, 0.25) is 0 Å². The summed E-state index contributed by atoms with van der Waals surface area (Å²) in [4.78, 5) is 18.9. The van der Waals surface area contributed by atoms with E-state index in [1.54, 1.807) is 25.3 Å². The molecule has 3 aromatic rings. The number of anilines is 2. The van der Waals surface area contributed by atoms with Crippen molar-refractivity contribution in [2.24, 2.45) is 5.92 Å². The molecule has 4 rings (SSSR count). The first-order chi connectivity index (χ1) is 14.6. The Kier molecular flexibility index (Phi) is 5.77. The number of halogens is 1. The van der Waals surface area contributed by atoms with E-state index in [0.29, 0.717) is 49.0 Å². The number of ether oxygens (including phenoxy) is 1. The lowest BCUT2D eigenvalue weighted by Crippen LogP contribution is -2.38. The first-order valence-electron chi connectivity index (χ1n) is 9.43. The largest absolute Gasteiger partial charge is 0.495 e. The molecule has 9 heteroatoms. The van der Waals surface area contributed by atoms with E-state index < -0.39 is 0 Å². The summed E-state index contributed by atoms with van der Waals surface area (Å²) in [5.74, 6) is 1.55. The van der Waals surface area contributed by atoms with Crippen LogP contribution in [0.1, 0.15) is 18.5 Å². The second-order valence-corrected chi connectivity index (χ2v) is 7.77. The van der Waals surface area contributed by atoms with Crippen molar-refractivity contribution in [1.29, 1.82) is 5.26 Å². The number of oxazole rings is 1. The molecule has 0 saturated carbocycles. The smallest absolute Gasteiger partial charge is 0.266 e. The Morgan fingerprint density at radius 3 is 2.83 bits per heavy atom. The number of piperidine rings is 1. The lowest BCUT2D eigenvalue weighted by Gasteiger charge is -2.31. The predicted molar refractivity (Wildman–Crippen MR) is 113 cm³/mol. The van der Waals surface area contributed by atoms with Gasteiger partial charge in [-0.15, -0.1) is 0 Å². The van der Waals surface area contributed by atoms with Crippen LogP contribution < -0.4 is 15.0 Å². The number of rotatable bonds is 5. The van der Waals surface area contributed by atoms with E-state index in [1.165, 1.54) is 6.26 Å². The number of nitriles is 1. The summed E-state index contributed by atoms with van der Waals surface area (Å²) in [6.45, 7) is 1.16. The van der Waals surface area contributed by atoms with Gasteiger partial charge in [-0.2, -0.15) is 10.2 Å². The van der Waals surface area contributed by atoms with Crippen LogP contribution in [0.15, 0.2) is 49.9 Å². The normalized spacial score (nSPS) is 14.4. The molecular weight excluding hydrogens is 452 g/mol. The number of benzene rings is 1. The van der Waals surface area contributed by atoms with Gasteiger partial charge in [-0.3, -0.25) is 4.79 Å². The molecule has 1 N–H and O–H groups in total. The highest BCUT2D eigenvalue weighted by atomic mass is 79.9. The van der Waals surface area contributed by atoms with Gasteiger partial charge in [-0.05, 0) is 43.2 Å². The highest BCUT2D eigenvalue weighted by molar-refractivity contribution is 9.10. The van der Waals surface area contributed by atoms with E-state index in [-0.39, 0.29) is 23.4 Å². The number of hydrogen-bond donors (Lipinski definition) is 1. The van der Waals surface area contributed by atoms with E-state index in [2.05, 4.69) is 32.3 Å². The van der Waals surface area contributed by atoms with Crippen molar-refractivity contribution < 1.29 is 18.4 Å². The van der Waals surface area contributed by atoms with E-state index in [1.807, 2.05) is 17.0 Å². The third-order valence-electron chi connectivity index (χ3n) is 5.02. The van der Waals surface area contributed by atoms with Gasteiger partial charge in [0.05, 0.1) is 19.1 Å². The second kappa shape index (κ2) is 8.63. The summed E-state index contributed by atoms with van der Waals surface area (Å²) in [6.07, 6.45) is 2.78. The van der Waals surface area contributed by atoms with Gasteiger partial charge < -0.3 is 23.8 Å². The summed E-state index contributed by atoms with van der Waals surface area (Å²) in [5.41, 5.74) is 0.840. The number of aromatic nitrogens is 1. The Bertz CT molecular complexity index is 1080. The molecule has 30 heavy (non-hydrogen) atoms. The molecule has 0 radical (unpaired) electrons. The SMILES string of the molecule is COc1ccc(Br)cc1NC(=O)C1CCN(c2oc(-c3ccco3)nc2C#N)CC1. The van der Waals surface area contributed by atoms with Crippen LogP contribution in [0.4, 0.5) is 11.6 Å². The number of furan rings is 1. The van der Waals surface area contributed by atoms with E-state index in [9.17, 15) is 10.1 Å². The van der Waals surface area contributed by atoms with Gasteiger partial charge in [0.1, 0.15) is 11.8 Å². The van der Waals surface area contributed by atoms with Crippen LogP contribution in [-0.2, 0) is 4.79 Å². The number of hydrogen-bond acceptors (Lipinski definition) is 7. The fraction of sp³-hybridized carbons (Fsp3) is 0.286. The van der Waals surface area contributed by atoms with Crippen LogP contribution in [0.3, 0.4) is 0 Å². The standard InChI is InChI=1S/C21H19BrN4O4/c1-28-17-5-4-14(22)11-15(17)24-19(27)13-6-8-26(9-7-13)21-16(12-23)25-20(30-21)18-3-2-10-29-18/h2-5,10-11,13H,6-9H2,1H3,(H,24,27). The average molecular weight is 471 g/mol. The summed E-state index contributed by atoms with van der Waals surface area (Å²) >= 11 is 3.41. The van der Waals surface area contributed by atoms with Crippen LogP contribution >= 0.6 is 15.9 Å². The number of nitrogens with one attached hydrogen (secondary N) is 1. The molecule has 0 bridgehead atoms. The fourth-order valence-electron chi connectivity index (χ4n) is 3.46. The van der Waals surface area contributed by atoms with Gasteiger partial charge in [-0.25, -0.2) is 0 Å². The van der Waals surface area contributed by atoms with Crippen molar-refractivity contribution in [3.63, 3.8) is 0 Å². The molecule has 1 saturated heterocycles. The molecule has 1 aromatic carbocycles. The lowest BCUT2D eigenvalue weighted by molar-refractivity contribution is -0.120. The highest BCUT2D eigenvalue weighted by Crippen LogP contribution is 2.33. The van der Waals surface area contributed by atoms with Crippen LogP contribution in [0, 0.1) is 17.2 Å². The molecule has 2 aromatic heterocycles. The zero-order valence-electron chi connectivity index (χ0n) is 16.2. The Labute approximate surface area is 181 Å². The molecule has 1 aliphatic rings. The summed E-state index contributed by atoms with van der Waals surface area (Å²) < 4.78 is 17.3. The third-order valence-corrected chi connectivity index (χ3v) is 5.51. The van der Waals surface area contributed by atoms with Crippen LogP contribution in [0.5, 0.6) is 5.75 Å². The fourth-order valence-corrected chi connectivity index (χ4v) is 3.82. The van der Waals surface area contributed by atoms with Gasteiger partial charge in [0, 0.05) is 23.5 Å². The third kappa shape index (κ3) is 4.04. The molecule has 1 aliphatic heterocycles. The van der Waals surface area contributed by atoms with E-state index in [4.69, 9.17) is 13.6 Å². The van der Waals surface area contributed by atoms with Crippen LogP contribution in [-0.4, -0.2) is 31.1 Å². The zero-order valence-corrected chi connectivity index (χ0v) is 17.8. The first kappa shape index (κ1) is 20.0. The molecule has 0 unspecified atom stereocenters. The van der Waals surface area contributed by atoms with Gasteiger partial charge in [-0.1, -0.05) is 15.9 Å². The van der Waals surface area contributed by atoms with Crippen molar-refractivity contribution in [2.45, 2.75) is 12.8 Å². The van der Waals surface area contributed by atoms with Crippen LogP contribution in [0.25, 0.3) is 11.7 Å². The van der Waals surface area contributed by atoms with Crippen molar-refractivity contribution in [3.8, 4) is 23.5 Å². The monoisotopic (exact) mass is 470 g/mol. The molecule has 0 atom stereocenters. The molecule has 3 heterocycles. The molecule has 154 valence electrons. The van der Waals surface area contributed by atoms with Gasteiger partial charge in [0.15, 0.2) is 5.76 Å². The minimum Gasteiger partial charge on any atom is -0.495 e. The summed E-state index contributed by atoms with van der Waals surface area (Å²) in [6, 6.07) is 11.0. The maximum Gasteiger partial charge on any atom is 0.266 e. The Morgan fingerprint density at radius 1 is 1.37 bits per heavy atom. The van der Waals surface area contributed by atoms with Crippen molar-refractivity contribution in [3.05, 3.63) is 46.8 Å². The number of nitrogens with zero attached hydrogens (tertiary/aromatic N) is 3. The second-order valence-electron chi connectivity index (χ2n) is 6.86. The maximum atomic E-state index is 12.8. The molecule has 0 spiro atoms. The first-order valence-corrected chi connectivity index (χ1v) is 10.2. The quantitative estimate of drug-likeness (QED) is 0.587. The number of methoxy groups -OCH3 is 1. The summed E-state index contributed by atoms with van der Waals surface area (Å²) in [7, 11) is 1.57.